The van der Waals surface area contributed by atoms with Crippen LogP contribution in [0.25, 0.3) is 11.0 Å². The Kier molecular flexibility index (Phi) is 5.99. The summed E-state index contributed by atoms with van der Waals surface area (Å²) in [5.41, 5.74) is 0.559. The van der Waals surface area contributed by atoms with Gasteiger partial charge >= 0.3 is 11.6 Å². The molecule has 1 N–H and O–H groups in total. The van der Waals surface area contributed by atoms with Gasteiger partial charge in [-0.2, -0.15) is 0 Å². The van der Waals surface area contributed by atoms with Gasteiger partial charge in [0.1, 0.15) is 11.1 Å². The van der Waals surface area contributed by atoms with Crippen LogP contribution in [-0.4, -0.2) is 25.0 Å². The molecule has 6 heteroatoms. The molecule has 3 aromatic rings. The third kappa shape index (κ3) is 5.04. The number of esters is 1. The smallest absolute Gasteiger partial charge is 0.351 e. The highest BCUT2D eigenvalue weighted by Gasteiger charge is 2.16. The minimum absolute atomic E-state index is 0.231. The van der Waals surface area contributed by atoms with Crippen LogP contribution in [0, 0.1) is 0 Å². The number of hydrogen-bond donors (Lipinski definition) is 1. The molecule has 1 amide bonds. The Bertz CT molecular complexity index is 994. The number of benzene rings is 2. The highest BCUT2D eigenvalue weighted by Crippen LogP contribution is 2.13. The number of rotatable bonds is 7. The molecule has 27 heavy (non-hydrogen) atoms. The molecule has 0 aliphatic carbocycles. The summed E-state index contributed by atoms with van der Waals surface area (Å²) in [5.74, 6) is -1.30. The van der Waals surface area contributed by atoms with Crippen LogP contribution in [0.4, 0.5) is 0 Å². The van der Waals surface area contributed by atoms with Gasteiger partial charge in [0.15, 0.2) is 6.61 Å². The number of fused-ring (bicyclic) bond motifs is 1. The maximum atomic E-state index is 12.1. The standard InChI is InChI=1S/C21H19NO5/c23-19(22-12-6-9-15-7-2-1-3-8-15)14-26-20(24)17-13-16-10-4-5-11-18(16)27-21(17)25/h1-5,7-8,10-11,13H,6,9,12,14H2,(H,22,23). The van der Waals surface area contributed by atoms with Crippen molar-refractivity contribution in [2.24, 2.45) is 0 Å². The molecular weight excluding hydrogens is 346 g/mol. The molecule has 0 fully saturated rings. The molecule has 0 unspecified atom stereocenters. The molecule has 0 aliphatic heterocycles. The Morgan fingerprint density at radius 3 is 2.56 bits per heavy atom. The number of aryl methyl sites for hydroxylation is 1. The molecule has 1 heterocycles. The number of para-hydroxylation sites is 1. The minimum atomic E-state index is -0.881. The highest BCUT2D eigenvalue weighted by atomic mass is 16.5. The first kappa shape index (κ1) is 18.4. The van der Waals surface area contributed by atoms with Crippen molar-refractivity contribution in [1.82, 2.24) is 5.32 Å². The zero-order chi connectivity index (χ0) is 19.1. The van der Waals surface area contributed by atoms with Crippen molar-refractivity contribution in [2.75, 3.05) is 13.2 Å². The van der Waals surface area contributed by atoms with Gasteiger partial charge in [-0.3, -0.25) is 4.79 Å². The van der Waals surface area contributed by atoms with Crippen LogP contribution in [0.3, 0.4) is 0 Å². The van der Waals surface area contributed by atoms with Crippen LogP contribution in [-0.2, 0) is 16.0 Å². The summed E-state index contributed by atoms with van der Waals surface area (Å²) in [5, 5.41) is 3.29. The summed E-state index contributed by atoms with van der Waals surface area (Å²) in [6.07, 6.45) is 1.62. The Morgan fingerprint density at radius 1 is 1.00 bits per heavy atom. The minimum Gasteiger partial charge on any atom is -0.452 e. The lowest BCUT2D eigenvalue weighted by Crippen LogP contribution is -2.30. The Morgan fingerprint density at radius 2 is 1.74 bits per heavy atom. The number of hydrogen-bond acceptors (Lipinski definition) is 5. The van der Waals surface area contributed by atoms with Crippen molar-refractivity contribution in [3.63, 3.8) is 0 Å². The van der Waals surface area contributed by atoms with Gasteiger partial charge in [0.05, 0.1) is 0 Å². The number of carbonyl (C=O) groups excluding carboxylic acids is 2. The molecule has 0 radical (unpaired) electrons. The Labute approximate surface area is 155 Å². The largest absolute Gasteiger partial charge is 0.452 e. The zero-order valence-corrected chi connectivity index (χ0v) is 14.6. The molecule has 0 saturated heterocycles. The van der Waals surface area contributed by atoms with E-state index in [1.807, 2.05) is 30.3 Å². The second-order valence-electron chi connectivity index (χ2n) is 6.00. The molecule has 6 nitrogen and oxygen atoms in total. The summed E-state index contributed by atoms with van der Waals surface area (Å²) < 4.78 is 10.0. The summed E-state index contributed by atoms with van der Waals surface area (Å²) in [4.78, 5) is 35.8. The van der Waals surface area contributed by atoms with Crippen molar-refractivity contribution in [1.29, 1.82) is 0 Å². The van der Waals surface area contributed by atoms with Crippen LogP contribution in [0.15, 0.2) is 69.9 Å². The van der Waals surface area contributed by atoms with Gasteiger partial charge in [-0.25, -0.2) is 9.59 Å². The first-order valence-corrected chi connectivity index (χ1v) is 8.64. The SMILES string of the molecule is O=C(COC(=O)c1cc2ccccc2oc1=O)NCCCc1ccccc1. The van der Waals surface area contributed by atoms with Gasteiger partial charge in [-0.1, -0.05) is 48.5 Å². The van der Waals surface area contributed by atoms with Gasteiger partial charge < -0.3 is 14.5 Å². The topological polar surface area (TPSA) is 85.6 Å². The molecular formula is C21H19NO5. The number of amides is 1. The second-order valence-corrected chi connectivity index (χ2v) is 6.00. The van der Waals surface area contributed by atoms with E-state index in [2.05, 4.69) is 5.32 Å². The lowest BCUT2D eigenvalue weighted by Gasteiger charge is -2.07. The maximum Gasteiger partial charge on any atom is 0.351 e. The summed E-state index contributed by atoms with van der Waals surface area (Å²) in [7, 11) is 0. The van der Waals surface area contributed by atoms with Crippen LogP contribution >= 0.6 is 0 Å². The van der Waals surface area contributed by atoms with E-state index in [9.17, 15) is 14.4 Å². The van der Waals surface area contributed by atoms with Gasteiger partial charge in [-0.15, -0.1) is 0 Å². The molecule has 3 rings (SSSR count). The molecule has 138 valence electrons. The Hall–Kier alpha value is -3.41. The quantitative estimate of drug-likeness (QED) is 0.395. The van der Waals surface area contributed by atoms with E-state index in [-0.39, 0.29) is 5.56 Å². The van der Waals surface area contributed by atoms with Gasteiger partial charge in [0, 0.05) is 11.9 Å². The second kappa shape index (κ2) is 8.80. The van der Waals surface area contributed by atoms with E-state index >= 15 is 0 Å². The molecule has 0 saturated carbocycles. The van der Waals surface area contributed by atoms with E-state index < -0.39 is 24.1 Å². The lowest BCUT2D eigenvalue weighted by atomic mass is 10.1. The van der Waals surface area contributed by atoms with Crippen LogP contribution in [0.1, 0.15) is 22.3 Å². The maximum absolute atomic E-state index is 12.1. The molecule has 0 atom stereocenters. The third-order valence-electron chi connectivity index (χ3n) is 4.00. The van der Waals surface area contributed by atoms with E-state index in [0.717, 1.165) is 12.8 Å². The van der Waals surface area contributed by atoms with Crippen LogP contribution in [0.5, 0.6) is 0 Å². The Balaban J connectivity index is 1.46. The summed E-state index contributed by atoms with van der Waals surface area (Å²) >= 11 is 0. The number of nitrogens with one attached hydrogen (secondary N) is 1. The van der Waals surface area contributed by atoms with Crippen LogP contribution in [0.2, 0.25) is 0 Å². The normalized spacial score (nSPS) is 10.5. The first-order valence-electron chi connectivity index (χ1n) is 8.64. The van der Waals surface area contributed by atoms with Crippen molar-refractivity contribution in [3.8, 4) is 0 Å². The van der Waals surface area contributed by atoms with Crippen LogP contribution < -0.4 is 10.9 Å². The van der Waals surface area contributed by atoms with Gasteiger partial charge in [0.25, 0.3) is 5.91 Å². The van der Waals surface area contributed by atoms with E-state index in [4.69, 9.17) is 9.15 Å². The van der Waals surface area contributed by atoms with E-state index in [1.54, 1.807) is 24.3 Å². The average molecular weight is 365 g/mol. The van der Waals surface area contributed by atoms with E-state index in [0.29, 0.717) is 17.5 Å². The van der Waals surface area contributed by atoms with Crippen molar-refractivity contribution < 1.29 is 18.7 Å². The average Bonchev–Trinajstić information content (AvgIpc) is 2.69. The molecule has 1 aromatic heterocycles. The molecule has 0 spiro atoms. The zero-order valence-electron chi connectivity index (χ0n) is 14.6. The predicted octanol–water partition coefficient (Wildman–Crippen LogP) is 2.70. The monoisotopic (exact) mass is 365 g/mol. The third-order valence-corrected chi connectivity index (χ3v) is 4.00. The fraction of sp³-hybridized carbons (Fsp3) is 0.190. The number of carbonyl (C=O) groups is 2. The lowest BCUT2D eigenvalue weighted by molar-refractivity contribution is -0.124. The van der Waals surface area contributed by atoms with Gasteiger partial charge in [0.2, 0.25) is 0 Å². The summed E-state index contributed by atoms with van der Waals surface area (Å²) in [6, 6.07) is 18.2. The van der Waals surface area contributed by atoms with Gasteiger partial charge in [-0.05, 0) is 30.5 Å². The van der Waals surface area contributed by atoms with Crippen molar-refractivity contribution in [2.45, 2.75) is 12.8 Å². The summed E-state index contributed by atoms with van der Waals surface area (Å²) in [6.45, 7) is 0.0276. The first-order chi connectivity index (χ1) is 13.1. The fourth-order valence-electron chi connectivity index (χ4n) is 2.63. The van der Waals surface area contributed by atoms with E-state index in [1.165, 1.54) is 11.6 Å². The molecule has 0 bridgehead atoms. The molecule has 0 aliphatic rings. The highest BCUT2D eigenvalue weighted by molar-refractivity contribution is 5.94. The van der Waals surface area contributed by atoms with Crippen molar-refractivity contribution >= 4 is 22.8 Å². The predicted molar refractivity (Wildman–Crippen MR) is 101 cm³/mol. The van der Waals surface area contributed by atoms with Crippen molar-refractivity contribution in [3.05, 3.63) is 82.2 Å². The number of ether oxygens (including phenoxy) is 1. The molecule has 2 aromatic carbocycles. The fourth-order valence-corrected chi connectivity index (χ4v) is 2.63.